The largest absolute Gasteiger partial charge is 0.312 e. The molecule has 0 saturated carbocycles. The van der Waals surface area contributed by atoms with Gasteiger partial charge in [-0.1, -0.05) is 18.2 Å². The van der Waals surface area contributed by atoms with Gasteiger partial charge < -0.3 is 4.90 Å². The normalized spacial score (nSPS) is 17.1. The van der Waals surface area contributed by atoms with Gasteiger partial charge in [-0.3, -0.25) is 9.59 Å². The van der Waals surface area contributed by atoms with Gasteiger partial charge in [-0.05, 0) is 54.8 Å². The molecule has 2 aromatic rings. The highest BCUT2D eigenvalue weighted by molar-refractivity contribution is 6.00. The third-order valence-electron chi connectivity index (χ3n) is 4.56. The Balaban J connectivity index is 1.61. The Morgan fingerprint density at radius 1 is 1.19 bits per heavy atom. The Morgan fingerprint density at radius 3 is 2.62 bits per heavy atom. The quantitative estimate of drug-likeness (QED) is 0.679. The number of nitrogens with one attached hydrogen (secondary N) is 1. The van der Waals surface area contributed by atoms with Crippen LogP contribution < -0.4 is 10.3 Å². The molecule has 0 bridgehead atoms. The maximum absolute atomic E-state index is 12.9. The van der Waals surface area contributed by atoms with E-state index in [4.69, 9.17) is 0 Å². The van der Waals surface area contributed by atoms with Gasteiger partial charge in [0.1, 0.15) is 5.82 Å². The van der Waals surface area contributed by atoms with E-state index in [1.54, 1.807) is 17.0 Å². The highest BCUT2D eigenvalue weighted by Crippen LogP contribution is 2.26. The number of amides is 2. The van der Waals surface area contributed by atoms with E-state index in [0.717, 1.165) is 16.8 Å². The Labute approximate surface area is 151 Å². The van der Waals surface area contributed by atoms with Crippen molar-refractivity contribution in [3.05, 3.63) is 65.0 Å². The minimum atomic E-state index is -0.450. The molecule has 1 aliphatic rings. The Hall–Kier alpha value is -3.02. The topological polar surface area (TPSA) is 61.8 Å². The number of halogens is 1. The number of benzene rings is 2. The van der Waals surface area contributed by atoms with Crippen LogP contribution in [0.5, 0.6) is 0 Å². The molecule has 1 N–H and O–H groups in total. The SMILES string of the molecule is Cc1ccc(N2C[C@@H](C(=O)N/N=C\c3ccc(F)cc3)CC2=O)cc1C. The molecule has 0 spiro atoms. The van der Waals surface area contributed by atoms with Crippen molar-refractivity contribution in [2.75, 3.05) is 11.4 Å². The molecule has 2 aromatic carbocycles. The van der Waals surface area contributed by atoms with Crippen molar-refractivity contribution < 1.29 is 14.0 Å². The fourth-order valence-electron chi connectivity index (χ4n) is 2.84. The van der Waals surface area contributed by atoms with Gasteiger partial charge in [-0.15, -0.1) is 0 Å². The third-order valence-corrected chi connectivity index (χ3v) is 4.56. The Kier molecular flexibility index (Phi) is 5.11. The van der Waals surface area contributed by atoms with Crippen molar-refractivity contribution in [2.24, 2.45) is 11.0 Å². The second-order valence-corrected chi connectivity index (χ2v) is 6.46. The smallest absolute Gasteiger partial charge is 0.245 e. The van der Waals surface area contributed by atoms with Crippen molar-refractivity contribution >= 4 is 23.7 Å². The van der Waals surface area contributed by atoms with Gasteiger partial charge in [-0.25, -0.2) is 9.82 Å². The summed E-state index contributed by atoms with van der Waals surface area (Å²) in [4.78, 5) is 26.2. The van der Waals surface area contributed by atoms with E-state index in [1.165, 1.54) is 18.3 Å². The highest BCUT2D eigenvalue weighted by Gasteiger charge is 2.35. The molecular weight excluding hydrogens is 333 g/mol. The molecule has 26 heavy (non-hydrogen) atoms. The van der Waals surface area contributed by atoms with Crippen molar-refractivity contribution in [1.29, 1.82) is 0 Å². The monoisotopic (exact) mass is 353 g/mol. The van der Waals surface area contributed by atoms with Gasteiger partial charge in [0.25, 0.3) is 0 Å². The fourth-order valence-corrected chi connectivity index (χ4v) is 2.84. The summed E-state index contributed by atoms with van der Waals surface area (Å²) in [6, 6.07) is 11.6. The zero-order valence-corrected chi connectivity index (χ0v) is 14.7. The standard InChI is InChI=1S/C20H20FN3O2/c1-13-3-8-18(9-14(13)2)24-12-16(10-19(24)25)20(26)23-22-11-15-4-6-17(21)7-5-15/h3-9,11,16H,10,12H2,1-2H3,(H,23,26)/b22-11-/t16-/m0/s1. The highest BCUT2D eigenvalue weighted by atomic mass is 19.1. The zero-order chi connectivity index (χ0) is 18.7. The Morgan fingerprint density at radius 2 is 1.92 bits per heavy atom. The molecule has 6 heteroatoms. The fraction of sp³-hybridized carbons (Fsp3) is 0.250. The maximum atomic E-state index is 12.9. The summed E-state index contributed by atoms with van der Waals surface area (Å²) < 4.78 is 12.9. The molecule has 1 aliphatic heterocycles. The van der Waals surface area contributed by atoms with Crippen LogP contribution in [0.2, 0.25) is 0 Å². The van der Waals surface area contributed by atoms with E-state index in [1.807, 2.05) is 32.0 Å². The van der Waals surface area contributed by atoms with Gasteiger partial charge in [0.05, 0.1) is 12.1 Å². The number of nitrogens with zero attached hydrogens (tertiary/aromatic N) is 2. The summed E-state index contributed by atoms with van der Waals surface area (Å²) in [5.41, 5.74) is 6.20. The van der Waals surface area contributed by atoms with Gasteiger partial charge in [-0.2, -0.15) is 5.10 Å². The van der Waals surface area contributed by atoms with Crippen LogP contribution in [0.3, 0.4) is 0 Å². The number of rotatable bonds is 4. The first-order chi connectivity index (χ1) is 12.4. The summed E-state index contributed by atoms with van der Waals surface area (Å²) in [7, 11) is 0. The van der Waals surface area contributed by atoms with Crippen LogP contribution in [0.15, 0.2) is 47.6 Å². The van der Waals surface area contributed by atoms with Gasteiger partial charge in [0, 0.05) is 18.7 Å². The first kappa shape index (κ1) is 17.8. The van der Waals surface area contributed by atoms with Gasteiger partial charge in [0.2, 0.25) is 11.8 Å². The number of carbonyl (C=O) groups excluding carboxylic acids is 2. The molecule has 0 aromatic heterocycles. The molecule has 1 atom stereocenters. The van der Waals surface area contributed by atoms with Crippen LogP contribution >= 0.6 is 0 Å². The summed E-state index contributed by atoms with van der Waals surface area (Å²) in [6.07, 6.45) is 1.60. The second-order valence-electron chi connectivity index (χ2n) is 6.46. The summed E-state index contributed by atoms with van der Waals surface area (Å²) in [6.45, 7) is 4.34. The molecule has 1 heterocycles. The number of hydrazone groups is 1. The van der Waals surface area contributed by atoms with E-state index in [0.29, 0.717) is 12.1 Å². The van der Waals surface area contributed by atoms with Crippen LogP contribution in [0.4, 0.5) is 10.1 Å². The minimum absolute atomic E-state index is 0.0732. The molecule has 5 nitrogen and oxygen atoms in total. The lowest BCUT2D eigenvalue weighted by Crippen LogP contribution is -2.30. The summed E-state index contributed by atoms with van der Waals surface area (Å²) in [5, 5.41) is 3.89. The molecule has 1 saturated heterocycles. The van der Waals surface area contributed by atoms with Crippen molar-refractivity contribution in [3.8, 4) is 0 Å². The van der Waals surface area contributed by atoms with Gasteiger partial charge >= 0.3 is 0 Å². The lowest BCUT2D eigenvalue weighted by atomic mass is 10.1. The van der Waals surface area contributed by atoms with Crippen LogP contribution in [-0.2, 0) is 9.59 Å². The van der Waals surface area contributed by atoms with Crippen molar-refractivity contribution in [3.63, 3.8) is 0 Å². The second kappa shape index (κ2) is 7.47. The zero-order valence-electron chi connectivity index (χ0n) is 14.7. The van der Waals surface area contributed by atoms with E-state index in [9.17, 15) is 14.0 Å². The molecule has 2 amide bonds. The lowest BCUT2D eigenvalue weighted by Gasteiger charge is -2.17. The van der Waals surface area contributed by atoms with Crippen LogP contribution in [0, 0.1) is 25.6 Å². The molecular formula is C20H20FN3O2. The van der Waals surface area contributed by atoms with Crippen LogP contribution in [0.25, 0.3) is 0 Å². The van der Waals surface area contributed by atoms with E-state index in [2.05, 4.69) is 10.5 Å². The summed E-state index contributed by atoms with van der Waals surface area (Å²) >= 11 is 0. The van der Waals surface area contributed by atoms with E-state index < -0.39 is 5.92 Å². The molecule has 0 aliphatic carbocycles. The average molecular weight is 353 g/mol. The average Bonchev–Trinajstić information content (AvgIpc) is 3.01. The van der Waals surface area contributed by atoms with Crippen molar-refractivity contribution in [1.82, 2.24) is 5.43 Å². The molecule has 1 fully saturated rings. The molecule has 134 valence electrons. The predicted molar refractivity (Wildman–Crippen MR) is 98.5 cm³/mol. The summed E-state index contributed by atoms with van der Waals surface area (Å²) in [5.74, 6) is -1.16. The number of carbonyl (C=O) groups is 2. The Bertz CT molecular complexity index is 862. The third kappa shape index (κ3) is 3.96. The van der Waals surface area contributed by atoms with Crippen LogP contribution in [0.1, 0.15) is 23.1 Å². The predicted octanol–water partition coefficient (Wildman–Crippen LogP) is 2.95. The number of hydrogen-bond donors (Lipinski definition) is 1. The number of aryl methyl sites for hydroxylation is 2. The van der Waals surface area contributed by atoms with Crippen molar-refractivity contribution in [2.45, 2.75) is 20.3 Å². The first-order valence-corrected chi connectivity index (χ1v) is 8.40. The minimum Gasteiger partial charge on any atom is -0.312 e. The van der Waals surface area contributed by atoms with E-state index in [-0.39, 0.29) is 24.1 Å². The van der Waals surface area contributed by atoms with Gasteiger partial charge in [0.15, 0.2) is 0 Å². The number of hydrogen-bond acceptors (Lipinski definition) is 3. The molecule has 3 rings (SSSR count). The lowest BCUT2D eigenvalue weighted by molar-refractivity contribution is -0.126. The first-order valence-electron chi connectivity index (χ1n) is 8.40. The van der Waals surface area contributed by atoms with E-state index >= 15 is 0 Å². The number of anilines is 1. The maximum Gasteiger partial charge on any atom is 0.245 e. The van der Waals surface area contributed by atoms with Crippen LogP contribution in [-0.4, -0.2) is 24.6 Å². The molecule has 0 radical (unpaired) electrons. The molecule has 0 unspecified atom stereocenters.